The molecule has 78 valence electrons. The van der Waals surface area contributed by atoms with Gasteiger partial charge in [-0.2, -0.15) is 0 Å². The highest BCUT2D eigenvalue weighted by Gasteiger charge is 2.14. The van der Waals surface area contributed by atoms with Crippen molar-refractivity contribution in [2.45, 2.75) is 25.7 Å². The smallest absolute Gasteiger partial charge is 0.158 e. The molecule has 0 heterocycles. The van der Waals surface area contributed by atoms with Crippen LogP contribution in [0.3, 0.4) is 0 Å². The van der Waals surface area contributed by atoms with Gasteiger partial charge in [-0.05, 0) is 42.5 Å². The Kier molecular flexibility index (Phi) is 3.22. The van der Waals surface area contributed by atoms with Crippen molar-refractivity contribution in [3.63, 3.8) is 0 Å². The second-order valence-electron chi connectivity index (χ2n) is 3.82. The summed E-state index contributed by atoms with van der Waals surface area (Å²) in [6.45, 7) is 0. The second kappa shape index (κ2) is 4.63. The van der Waals surface area contributed by atoms with Crippen molar-refractivity contribution in [1.29, 1.82) is 0 Å². The van der Waals surface area contributed by atoms with E-state index >= 15 is 0 Å². The van der Waals surface area contributed by atoms with Crippen molar-refractivity contribution in [2.75, 3.05) is 0 Å². The number of halogens is 1. The maximum absolute atomic E-state index is 11.6. The van der Waals surface area contributed by atoms with Crippen LogP contribution in [0.4, 0.5) is 0 Å². The number of ketones is 1. The largest absolute Gasteiger partial charge is 0.295 e. The molecule has 0 aromatic heterocycles. The fourth-order valence-corrected chi connectivity index (χ4v) is 2.02. The summed E-state index contributed by atoms with van der Waals surface area (Å²) in [5.41, 5.74) is 1.87. The van der Waals surface area contributed by atoms with E-state index in [1.54, 1.807) is 0 Å². The first-order valence-corrected chi connectivity index (χ1v) is 5.63. The first-order chi connectivity index (χ1) is 7.27. The van der Waals surface area contributed by atoms with Crippen molar-refractivity contribution in [2.24, 2.45) is 0 Å². The van der Waals surface area contributed by atoms with E-state index in [0.29, 0.717) is 11.4 Å². The fraction of sp³-hybridized carbons (Fsp3) is 0.308. The van der Waals surface area contributed by atoms with E-state index in [9.17, 15) is 4.79 Å². The molecule has 15 heavy (non-hydrogen) atoms. The highest BCUT2D eigenvalue weighted by Crippen LogP contribution is 2.24. The molecule has 1 fully saturated rings. The minimum atomic E-state index is 0.279. The molecular weight excluding hydrogens is 208 g/mol. The Labute approximate surface area is 94.8 Å². The van der Waals surface area contributed by atoms with E-state index in [-0.39, 0.29) is 5.78 Å². The van der Waals surface area contributed by atoms with E-state index in [4.69, 9.17) is 11.6 Å². The molecule has 0 aliphatic heterocycles. The number of carbonyl (C=O) groups is 1. The van der Waals surface area contributed by atoms with Gasteiger partial charge >= 0.3 is 0 Å². The lowest BCUT2D eigenvalue weighted by Gasteiger charge is -2.12. The van der Waals surface area contributed by atoms with Crippen LogP contribution in [0.25, 0.3) is 6.08 Å². The number of allylic oxidation sites excluding steroid dienone is 1. The van der Waals surface area contributed by atoms with Crippen LogP contribution >= 0.6 is 11.6 Å². The Hall–Kier alpha value is -1.08. The molecule has 2 rings (SSSR count). The zero-order valence-corrected chi connectivity index (χ0v) is 9.26. The second-order valence-corrected chi connectivity index (χ2v) is 4.23. The predicted molar refractivity (Wildman–Crippen MR) is 62.9 cm³/mol. The minimum absolute atomic E-state index is 0.279. The number of carbonyl (C=O) groups excluding carboxylic acids is 1. The first-order valence-electron chi connectivity index (χ1n) is 5.25. The minimum Gasteiger partial charge on any atom is -0.295 e. The molecule has 0 N–H and O–H groups in total. The molecule has 1 saturated carbocycles. The summed E-state index contributed by atoms with van der Waals surface area (Å²) in [6, 6.07) is 7.62. The van der Waals surface area contributed by atoms with E-state index in [1.807, 2.05) is 30.3 Å². The third kappa shape index (κ3) is 2.48. The Bertz CT molecular complexity index is 407. The fourth-order valence-electron chi connectivity index (χ4n) is 1.83. The van der Waals surface area contributed by atoms with E-state index in [1.165, 1.54) is 0 Å². The molecule has 0 unspecified atom stereocenters. The van der Waals surface area contributed by atoms with Crippen molar-refractivity contribution in [3.8, 4) is 0 Å². The van der Waals surface area contributed by atoms with Gasteiger partial charge in [0.1, 0.15) is 0 Å². The lowest BCUT2D eigenvalue weighted by atomic mass is 9.92. The van der Waals surface area contributed by atoms with Gasteiger partial charge in [-0.15, -0.1) is 0 Å². The van der Waals surface area contributed by atoms with Crippen LogP contribution in [0.2, 0.25) is 5.02 Å². The maximum atomic E-state index is 11.6. The molecule has 0 spiro atoms. The van der Waals surface area contributed by atoms with E-state index in [0.717, 1.165) is 30.4 Å². The first kappa shape index (κ1) is 10.4. The number of rotatable bonds is 1. The van der Waals surface area contributed by atoms with Crippen molar-refractivity contribution < 1.29 is 4.79 Å². The molecule has 1 aromatic rings. The lowest BCUT2D eigenvalue weighted by molar-refractivity contribution is -0.116. The third-order valence-corrected chi connectivity index (χ3v) is 3.04. The highest BCUT2D eigenvalue weighted by molar-refractivity contribution is 6.32. The molecular formula is C13H13ClO. The van der Waals surface area contributed by atoms with Crippen molar-refractivity contribution >= 4 is 23.5 Å². The molecule has 0 bridgehead atoms. The molecule has 1 aliphatic rings. The van der Waals surface area contributed by atoms with Gasteiger partial charge in [0.05, 0.1) is 0 Å². The van der Waals surface area contributed by atoms with Crippen molar-refractivity contribution in [3.05, 3.63) is 40.4 Å². The molecule has 1 nitrogen and oxygen atoms in total. The molecule has 0 radical (unpaired) electrons. The van der Waals surface area contributed by atoms with Crippen LogP contribution in [-0.2, 0) is 4.79 Å². The summed E-state index contributed by atoms with van der Waals surface area (Å²) < 4.78 is 0. The van der Waals surface area contributed by atoms with Crippen LogP contribution < -0.4 is 0 Å². The number of Topliss-reactive ketones (excluding diaryl/α,β-unsaturated/α-hetero) is 1. The molecule has 1 aromatic carbocycles. The predicted octanol–water partition coefficient (Wildman–Crippen LogP) is 3.87. The van der Waals surface area contributed by atoms with Crippen LogP contribution in [-0.4, -0.2) is 5.78 Å². The standard InChI is InChI=1S/C13H13ClO/c14-12-7-3-1-5-10(12)9-11-6-2-4-8-13(11)15/h1,3,5,7,9H,2,4,6,8H2/b11-9-. The van der Waals surface area contributed by atoms with Gasteiger partial charge in [0.25, 0.3) is 0 Å². The van der Waals surface area contributed by atoms with Crippen LogP contribution in [0.5, 0.6) is 0 Å². The average molecular weight is 221 g/mol. The normalized spacial score (nSPS) is 19.5. The van der Waals surface area contributed by atoms with Gasteiger partial charge in [-0.3, -0.25) is 4.79 Å². The van der Waals surface area contributed by atoms with Gasteiger partial charge in [0, 0.05) is 11.4 Å². The topological polar surface area (TPSA) is 17.1 Å². The maximum Gasteiger partial charge on any atom is 0.158 e. The summed E-state index contributed by atoms with van der Waals surface area (Å²) in [4.78, 5) is 11.6. The summed E-state index contributed by atoms with van der Waals surface area (Å²) in [7, 11) is 0. The molecule has 0 amide bonds. The summed E-state index contributed by atoms with van der Waals surface area (Å²) in [5, 5.41) is 0.711. The molecule has 1 aliphatic carbocycles. The molecule has 0 atom stereocenters. The van der Waals surface area contributed by atoms with E-state index < -0.39 is 0 Å². The van der Waals surface area contributed by atoms with E-state index in [2.05, 4.69) is 0 Å². The Morgan fingerprint density at radius 3 is 2.60 bits per heavy atom. The third-order valence-electron chi connectivity index (χ3n) is 2.69. The number of benzene rings is 1. The van der Waals surface area contributed by atoms with Crippen LogP contribution in [0.15, 0.2) is 29.8 Å². The average Bonchev–Trinajstić information content (AvgIpc) is 2.24. The van der Waals surface area contributed by atoms with Crippen LogP contribution in [0.1, 0.15) is 31.2 Å². The highest BCUT2D eigenvalue weighted by atomic mass is 35.5. The molecule has 0 saturated heterocycles. The Morgan fingerprint density at radius 2 is 1.87 bits per heavy atom. The number of hydrogen-bond donors (Lipinski definition) is 0. The zero-order chi connectivity index (χ0) is 10.7. The number of hydrogen-bond acceptors (Lipinski definition) is 1. The Balaban J connectivity index is 2.29. The SMILES string of the molecule is O=C1CCCC/C1=C/c1ccccc1Cl. The summed E-state index contributed by atoms with van der Waals surface area (Å²) in [5.74, 6) is 0.279. The monoisotopic (exact) mass is 220 g/mol. The lowest BCUT2D eigenvalue weighted by Crippen LogP contribution is -2.07. The van der Waals surface area contributed by atoms with Gasteiger partial charge in [0.15, 0.2) is 5.78 Å². The van der Waals surface area contributed by atoms with Crippen LogP contribution in [0, 0.1) is 0 Å². The summed E-state index contributed by atoms with van der Waals surface area (Å²) >= 11 is 6.04. The van der Waals surface area contributed by atoms with Gasteiger partial charge in [0.2, 0.25) is 0 Å². The Morgan fingerprint density at radius 1 is 1.13 bits per heavy atom. The molecule has 2 heteroatoms. The van der Waals surface area contributed by atoms with Gasteiger partial charge in [-0.1, -0.05) is 29.8 Å². The zero-order valence-electron chi connectivity index (χ0n) is 8.50. The quantitative estimate of drug-likeness (QED) is 0.657. The van der Waals surface area contributed by atoms with Crippen molar-refractivity contribution in [1.82, 2.24) is 0 Å². The van der Waals surface area contributed by atoms with Gasteiger partial charge in [-0.25, -0.2) is 0 Å². The van der Waals surface area contributed by atoms with Gasteiger partial charge < -0.3 is 0 Å². The summed E-state index contributed by atoms with van der Waals surface area (Å²) in [6.07, 6.45) is 5.66.